The number of rotatable bonds is 42. The maximum absolute atomic E-state index is 12.1. The Labute approximate surface area is 321 Å². The third kappa shape index (κ3) is 42.1. The number of carbonyl (C=O) groups is 2. The summed E-state index contributed by atoms with van der Waals surface area (Å²) in [5.41, 5.74) is 0. The molecule has 0 atom stereocenters. The van der Waals surface area contributed by atoms with Gasteiger partial charge in [0.1, 0.15) is 0 Å². The summed E-state index contributed by atoms with van der Waals surface area (Å²) < 4.78 is 10.6. The first-order chi connectivity index (χ1) is 24.6. The van der Waals surface area contributed by atoms with Crippen molar-refractivity contribution in [2.24, 2.45) is 0 Å². The van der Waals surface area contributed by atoms with Gasteiger partial charge >= 0.3 is 11.9 Å². The fourth-order valence-corrected chi connectivity index (χ4v) is 8.38. The monoisotopic (exact) mass is 743 g/mol. The molecule has 6 heteroatoms. The Morgan fingerprint density at radius 3 is 0.820 bits per heavy atom. The van der Waals surface area contributed by atoms with Gasteiger partial charge in [0.2, 0.25) is 6.29 Å². The second kappa shape index (κ2) is 43.0. The molecule has 0 N–H and O–H groups in total. The first kappa shape index (κ1) is 49.6. The van der Waals surface area contributed by atoms with E-state index in [4.69, 9.17) is 9.47 Å². The van der Waals surface area contributed by atoms with Gasteiger partial charge in [-0.3, -0.25) is 9.59 Å². The standard InChI is InChI=1S/C44H86O4S2/c1-4-6-8-10-12-14-16-18-20-22-24-26-28-30-32-34-38-49-40-36-43(45)47-42(3)48-44(46)37-41-50-39-35-33-31-29-27-25-23-21-19-17-15-13-11-9-7-5-2/h42H,4-41H2,1-3H3. The molecule has 0 saturated carbocycles. The highest BCUT2D eigenvalue weighted by Crippen LogP contribution is 2.17. The molecule has 50 heavy (non-hydrogen) atoms. The van der Waals surface area contributed by atoms with Crippen molar-refractivity contribution in [2.75, 3.05) is 23.0 Å². The molecule has 4 nitrogen and oxygen atoms in total. The Hall–Kier alpha value is -0.360. The van der Waals surface area contributed by atoms with Gasteiger partial charge in [-0.1, -0.05) is 206 Å². The van der Waals surface area contributed by atoms with Crippen LogP contribution in [0.25, 0.3) is 0 Å². The Kier molecular flexibility index (Phi) is 42.7. The molecule has 0 unspecified atom stereocenters. The number of hydrogen-bond acceptors (Lipinski definition) is 6. The van der Waals surface area contributed by atoms with E-state index in [1.807, 2.05) is 23.5 Å². The van der Waals surface area contributed by atoms with E-state index in [0.29, 0.717) is 12.8 Å². The molecule has 0 aliphatic carbocycles. The highest BCUT2D eigenvalue weighted by atomic mass is 32.2. The van der Waals surface area contributed by atoms with Crippen LogP contribution in [-0.2, 0) is 19.1 Å². The van der Waals surface area contributed by atoms with Crippen molar-refractivity contribution in [3.05, 3.63) is 0 Å². The summed E-state index contributed by atoms with van der Waals surface area (Å²) in [4.78, 5) is 24.3. The topological polar surface area (TPSA) is 52.6 Å². The first-order valence-corrected chi connectivity index (χ1v) is 24.5. The average Bonchev–Trinajstić information content (AvgIpc) is 3.10. The second-order valence-corrected chi connectivity index (χ2v) is 17.3. The van der Waals surface area contributed by atoms with Crippen LogP contribution < -0.4 is 0 Å². The van der Waals surface area contributed by atoms with E-state index in [9.17, 15) is 9.59 Å². The third-order valence-electron chi connectivity index (χ3n) is 9.78. The molecular weight excluding hydrogens is 657 g/mol. The van der Waals surface area contributed by atoms with Gasteiger partial charge in [-0.25, -0.2) is 0 Å². The lowest BCUT2D eigenvalue weighted by Crippen LogP contribution is -2.22. The molecule has 0 spiro atoms. The fraction of sp³-hybridized carbons (Fsp3) is 0.955. The SMILES string of the molecule is CCCCCCCCCCCCCCCCCCSCCC(=O)OC(C)OC(=O)CCSCCCCCCCCCCCCCCCCCC. The maximum Gasteiger partial charge on any atom is 0.309 e. The predicted octanol–water partition coefficient (Wildman–Crippen LogP) is 15.2. The fourth-order valence-electron chi connectivity index (χ4n) is 6.53. The van der Waals surface area contributed by atoms with Gasteiger partial charge in [0.05, 0.1) is 12.8 Å². The summed E-state index contributed by atoms with van der Waals surface area (Å²) in [5.74, 6) is 3.20. The molecule has 0 aliphatic heterocycles. The van der Waals surface area contributed by atoms with E-state index >= 15 is 0 Å². The zero-order chi connectivity index (χ0) is 36.4. The number of hydrogen-bond donors (Lipinski definition) is 0. The smallest absolute Gasteiger partial charge is 0.309 e. The number of thioether (sulfide) groups is 2. The van der Waals surface area contributed by atoms with Crippen LogP contribution in [0.2, 0.25) is 0 Å². The number of ether oxygens (including phenoxy) is 2. The minimum atomic E-state index is -0.800. The minimum absolute atomic E-state index is 0.275. The Morgan fingerprint density at radius 2 is 0.580 bits per heavy atom. The van der Waals surface area contributed by atoms with Crippen molar-refractivity contribution in [1.82, 2.24) is 0 Å². The molecule has 0 saturated heterocycles. The van der Waals surface area contributed by atoms with Crippen molar-refractivity contribution in [1.29, 1.82) is 0 Å². The molecule has 0 fully saturated rings. The highest BCUT2D eigenvalue weighted by Gasteiger charge is 2.14. The third-order valence-corrected chi connectivity index (χ3v) is 11.9. The van der Waals surface area contributed by atoms with Crippen LogP contribution in [0.15, 0.2) is 0 Å². The lowest BCUT2D eigenvalue weighted by Gasteiger charge is -2.14. The average molecular weight is 743 g/mol. The predicted molar refractivity (Wildman–Crippen MR) is 225 cm³/mol. The van der Waals surface area contributed by atoms with Crippen molar-refractivity contribution in [3.8, 4) is 0 Å². The minimum Gasteiger partial charge on any atom is -0.425 e. The Balaban J connectivity index is 3.35. The molecule has 0 bridgehead atoms. The summed E-state index contributed by atoms with van der Waals surface area (Å²) in [6.07, 6.45) is 44.4. The summed E-state index contributed by atoms with van der Waals surface area (Å²) >= 11 is 3.65. The van der Waals surface area contributed by atoms with Crippen LogP contribution in [-0.4, -0.2) is 41.2 Å². The van der Waals surface area contributed by atoms with Crippen molar-refractivity contribution >= 4 is 35.5 Å². The molecule has 0 aromatic rings. The van der Waals surface area contributed by atoms with E-state index in [2.05, 4.69) is 13.8 Å². The van der Waals surface area contributed by atoms with E-state index < -0.39 is 6.29 Å². The maximum atomic E-state index is 12.1. The molecule has 0 radical (unpaired) electrons. The van der Waals surface area contributed by atoms with Gasteiger partial charge in [-0.15, -0.1) is 0 Å². The summed E-state index contributed by atoms with van der Waals surface area (Å²) in [5, 5.41) is 0. The van der Waals surface area contributed by atoms with Crippen molar-refractivity contribution in [2.45, 2.75) is 245 Å². The lowest BCUT2D eigenvalue weighted by molar-refractivity contribution is -0.183. The molecule has 0 aromatic carbocycles. The van der Waals surface area contributed by atoms with Gasteiger partial charge in [0.15, 0.2) is 0 Å². The number of esters is 2. The molecular formula is C44H86O4S2. The molecule has 0 rings (SSSR count). The lowest BCUT2D eigenvalue weighted by atomic mass is 10.0. The number of carbonyl (C=O) groups excluding carboxylic acids is 2. The van der Waals surface area contributed by atoms with Crippen LogP contribution in [0.5, 0.6) is 0 Å². The summed E-state index contributed by atoms with van der Waals surface area (Å²) in [6, 6.07) is 0. The van der Waals surface area contributed by atoms with Gasteiger partial charge in [0.25, 0.3) is 0 Å². The molecule has 0 heterocycles. The highest BCUT2D eigenvalue weighted by molar-refractivity contribution is 7.99. The van der Waals surface area contributed by atoms with Crippen LogP contribution in [0.1, 0.15) is 239 Å². The van der Waals surface area contributed by atoms with Crippen molar-refractivity contribution < 1.29 is 19.1 Å². The van der Waals surface area contributed by atoms with Gasteiger partial charge in [0, 0.05) is 18.4 Å². The van der Waals surface area contributed by atoms with Gasteiger partial charge < -0.3 is 9.47 Å². The van der Waals surface area contributed by atoms with Crippen LogP contribution in [0.3, 0.4) is 0 Å². The summed E-state index contributed by atoms with van der Waals surface area (Å²) in [7, 11) is 0. The van der Waals surface area contributed by atoms with E-state index in [-0.39, 0.29) is 11.9 Å². The van der Waals surface area contributed by atoms with E-state index in [1.165, 1.54) is 205 Å². The zero-order valence-electron chi connectivity index (χ0n) is 33.9. The molecule has 0 aliphatic rings. The van der Waals surface area contributed by atoms with E-state index in [0.717, 1.165) is 23.0 Å². The van der Waals surface area contributed by atoms with Gasteiger partial charge in [-0.05, 0) is 24.3 Å². The Bertz CT molecular complexity index is 633. The molecule has 0 aromatic heterocycles. The second-order valence-electron chi connectivity index (χ2n) is 14.9. The van der Waals surface area contributed by atoms with E-state index in [1.54, 1.807) is 6.92 Å². The normalized spacial score (nSPS) is 11.4. The van der Waals surface area contributed by atoms with Gasteiger partial charge in [-0.2, -0.15) is 23.5 Å². The summed E-state index contributed by atoms with van der Waals surface area (Å²) in [6.45, 7) is 6.22. The number of unbranched alkanes of at least 4 members (excludes halogenated alkanes) is 30. The molecule has 298 valence electrons. The molecule has 0 amide bonds. The van der Waals surface area contributed by atoms with Crippen LogP contribution in [0, 0.1) is 0 Å². The van der Waals surface area contributed by atoms with Crippen molar-refractivity contribution in [3.63, 3.8) is 0 Å². The Morgan fingerprint density at radius 1 is 0.360 bits per heavy atom. The first-order valence-electron chi connectivity index (χ1n) is 22.1. The van der Waals surface area contributed by atoms with Crippen LogP contribution >= 0.6 is 23.5 Å². The largest absolute Gasteiger partial charge is 0.425 e. The zero-order valence-corrected chi connectivity index (χ0v) is 35.5. The quantitative estimate of drug-likeness (QED) is 0.0353. The van der Waals surface area contributed by atoms with Crippen LogP contribution in [0.4, 0.5) is 0 Å².